The summed E-state index contributed by atoms with van der Waals surface area (Å²) < 4.78 is 11.1. The lowest BCUT2D eigenvalue weighted by atomic mass is 9.83. The zero-order valence-electron chi connectivity index (χ0n) is 11.0. The highest BCUT2D eigenvalue weighted by atomic mass is 16.5. The Morgan fingerprint density at radius 3 is 2.50 bits per heavy atom. The molecule has 2 aliphatic heterocycles. The fourth-order valence-corrected chi connectivity index (χ4v) is 3.29. The van der Waals surface area contributed by atoms with Crippen LogP contribution in [0, 0.1) is 6.92 Å². The molecule has 2 aliphatic rings. The van der Waals surface area contributed by atoms with Crippen molar-refractivity contribution in [3.63, 3.8) is 0 Å². The maximum absolute atomic E-state index is 10.9. The highest BCUT2D eigenvalue weighted by Gasteiger charge is 2.44. The van der Waals surface area contributed by atoms with Crippen LogP contribution in [0.25, 0.3) is 0 Å². The van der Waals surface area contributed by atoms with Crippen LogP contribution in [0.4, 0.5) is 0 Å². The summed E-state index contributed by atoms with van der Waals surface area (Å²) in [5, 5.41) is 10.9. The number of methoxy groups -OCH3 is 1. The van der Waals surface area contributed by atoms with Gasteiger partial charge in [-0.1, -0.05) is 6.07 Å². The summed E-state index contributed by atoms with van der Waals surface area (Å²) in [7, 11) is 1.66. The number of benzene rings is 1. The van der Waals surface area contributed by atoms with Crippen LogP contribution >= 0.6 is 0 Å². The Morgan fingerprint density at radius 1 is 1.22 bits per heavy atom. The predicted octanol–water partition coefficient (Wildman–Crippen LogP) is 2.53. The molecule has 1 aromatic rings. The molecule has 0 amide bonds. The molecule has 3 nitrogen and oxygen atoms in total. The molecule has 2 atom stereocenters. The first kappa shape index (κ1) is 12.0. The molecular weight excluding hydrogens is 228 g/mol. The molecule has 0 saturated carbocycles. The van der Waals surface area contributed by atoms with Gasteiger partial charge in [-0.2, -0.15) is 0 Å². The van der Waals surface area contributed by atoms with Crippen molar-refractivity contribution in [2.45, 2.75) is 50.4 Å². The molecule has 2 heterocycles. The van der Waals surface area contributed by atoms with Gasteiger partial charge in [-0.05, 0) is 43.0 Å². The second-order valence-electron chi connectivity index (χ2n) is 5.64. The van der Waals surface area contributed by atoms with E-state index in [0.717, 1.165) is 29.7 Å². The van der Waals surface area contributed by atoms with Crippen LogP contribution in [-0.2, 0) is 10.3 Å². The van der Waals surface area contributed by atoms with Gasteiger partial charge in [0.15, 0.2) is 0 Å². The molecule has 2 saturated heterocycles. The number of aryl methyl sites for hydroxylation is 1. The molecule has 1 N–H and O–H groups in total. The standard InChI is InChI=1S/C15H20O3/c1-10-5-11(7-14(6-10)17-2)15(16)8-12-3-4-13(9-15)18-12/h5-7,12-13,16H,3-4,8-9H2,1-2H3. The normalized spacial score (nSPS) is 34.6. The summed E-state index contributed by atoms with van der Waals surface area (Å²) in [6.45, 7) is 2.03. The van der Waals surface area contributed by atoms with E-state index >= 15 is 0 Å². The minimum atomic E-state index is -0.747. The Morgan fingerprint density at radius 2 is 1.89 bits per heavy atom. The minimum absolute atomic E-state index is 0.222. The molecule has 0 aliphatic carbocycles. The van der Waals surface area contributed by atoms with E-state index in [-0.39, 0.29) is 12.2 Å². The molecule has 2 bridgehead atoms. The molecule has 2 fully saturated rings. The van der Waals surface area contributed by atoms with E-state index in [2.05, 4.69) is 6.07 Å². The van der Waals surface area contributed by atoms with Gasteiger partial charge in [-0.15, -0.1) is 0 Å². The second-order valence-corrected chi connectivity index (χ2v) is 5.64. The maximum atomic E-state index is 10.9. The molecule has 0 spiro atoms. The number of hydrogen-bond donors (Lipinski definition) is 1. The first-order valence-corrected chi connectivity index (χ1v) is 6.63. The maximum Gasteiger partial charge on any atom is 0.119 e. The van der Waals surface area contributed by atoms with Gasteiger partial charge in [0.05, 0.1) is 24.9 Å². The number of rotatable bonds is 2. The van der Waals surface area contributed by atoms with Crippen LogP contribution in [0.15, 0.2) is 18.2 Å². The van der Waals surface area contributed by atoms with Crippen LogP contribution in [-0.4, -0.2) is 24.4 Å². The molecule has 3 heteroatoms. The van der Waals surface area contributed by atoms with Gasteiger partial charge in [0.1, 0.15) is 5.75 Å². The van der Waals surface area contributed by atoms with E-state index in [0.29, 0.717) is 12.8 Å². The summed E-state index contributed by atoms with van der Waals surface area (Å²) in [5.74, 6) is 0.817. The first-order chi connectivity index (χ1) is 8.59. The first-order valence-electron chi connectivity index (χ1n) is 6.63. The summed E-state index contributed by atoms with van der Waals surface area (Å²) >= 11 is 0. The molecule has 1 aromatic carbocycles. The number of hydrogen-bond acceptors (Lipinski definition) is 3. The fraction of sp³-hybridized carbons (Fsp3) is 0.600. The van der Waals surface area contributed by atoms with Crippen LogP contribution in [0.1, 0.15) is 36.8 Å². The second kappa shape index (κ2) is 4.25. The van der Waals surface area contributed by atoms with Crippen molar-refractivity contribution >= 4 is 0 Å². The summed E-state index contributed by atoms with van der Waals surface area (Å²) in [6, 6.07) is 6.01. The minimum Gasteiger partial charge on any atom is -0.497 e. The summed E-state index contributed by atoms with van der Waals surface area (Å²) in [4.78, 5) is 0. The van der Waals surface area contributed by atoms with E-state index in [1.54, 1.807) is 7.11 Å². The van der Waals surface area contributed by atoms with E-state index in [1.165, 1.54) is 0 Å². The van der Waals surface area contributed by atoms with Gasteiger partial charge in [0.2, 0.25) is 0 Å². The molecule has 18 heavy (non-hydrogen) atoms. The Bertz CT molecular complexity index is 443. The third-order valence-corrected chi connectivity index (χ3v) is 4.15. The van der Waals surface area contributed by atoms with Crippen molar-refractivity contribution in [1.29, 1.82) is 0 Å². The fourth-order valence-electron chi connectivity index (χ4n) is 3.29. The van der Waals surface area contributed by atoms with E-state index < -0.39 is 5.60 Å². The average molecular weight is 248 g/mol. The number of fused-ring (bicyclic) bond motifs is 2. The molecule has 3 rings (SSSR count). The lowest BCUT2D eigenvalue weighted by Gasteiger charge is -2.37. The van der Waals surface area contributed by atoms with Gasteiger partial charge in [-0.3, -0.25) is 0 Å². The average Bonchev–Trinajstić information content (AvgIpc) is 2.68. The lowest BCUT2D eigenvalue weighted by molar-refractivity contribution is -0.115. The highest BCUT2D eigenvalue weighted by molar-refractivity contribution is 5.37. The van der Waals surface area contributed by atoms with Gasteiger partial charge in [0, 0.05) is 12.8 Å². The van der Waals surface area contributed by atoms with Crippen LogP contribution < -0.4 is 4.74 Å². The van der Waals surface area contributed by atoms with Gasteiger partial charge < -0.3 is 14.6 Å². The van der Waals surface area contributed by atoms with E-state index in [9.17, 15) is 5.11 Å². The Kier molecular flexibility index (Phi) is 2.83. The lowest BCUT2D eigenvalue weighted by Crippen LogP contribution is -2.38. The van der Waals surface area contributed by atoms with Crippen LogP contribution in [0.2, 0.25) is 0 Å². The monoisotopic (exact) mass is 248 g/mol. The quantitative estimate of drug-likeness (QED) is 0.874. The van der Waals surface area contributed by atoms with E-state index in [4.69, 9.17) is 9.47 Å². The van der Waals surface area contributed by atoms with Crippen molar-refractivity contribution in [3.8, 4) is 5.75 Å². The molecule has 0 radical (unpaired) electrons. The highest BCUT2D eigenvalue weighted by Crippen LogP contribution is 2.44. The van der Waals surface area contributed by atoms with Crippen molar-refractivity contribution in [3.05, 3.63) is 29.3 Å². The third-order valence-electron chi connectivity index (χ3n) is 4.15. The number of ether oxygens (including phenoxy) is 2. The van der Waals surface area contributed by atoms with Gasteiger partial charge in [0.25, 0.3) is 0 Å². The largest absolute Gasteiger partial charge is 0.497 e. The van der Waals surface area contributed by atoms with Gasteiger partial charge in [-0.25, -0.2) is 0 Å². The zero-order valence-corrected chi connectivity index (χ0v) is 11.0. The predicted molar refractivity (Wildman–Crippen MR) is 68.8 cm³/mol. The van der Waals surface area contributed by atoms with Crippen molar-refractivity contribution in [2.24, 2.45) is 0 Å². The van der Waals surface area contributed by atoms with Gasteiger partial charge >= 0.3 is 0 Å². The Balaban J connectivity index is 1.95. The van der Waals surface area contributed by atoms with E-state index in [1.807, 2.05) is 19.1 Å². The van der Waals surface area contributed by atoms with Crippen molar-refractivity contribution in [2.75, 3.05) is 7.11 Å². The smallest absolute Gasteiger partial charge is 0.119 e. The summed E-state index contributed by atoms with van der Waals surface area (Å²) in [5.41, 5.74) is 1.35. The van der Waals surface area contributed by atoms with Crippen molar-refractivity contribution < 1.29 is 14.6 Å². The van der Waals surface area contributed by atoms with Crippen molar-refractivity contribution in [1.82, 2.24) is 0 Å². The summed E-state index contributed by atoms with van der Waals surface area (Å²) in [6.07, 6.45) is 4.01. The third kappa shape index (κ3) is 2.02. The molecule has 2 unspecified atom stereocenters. The number of aliphatic hydroxyl groups is 1. The Hall–Kier alpha value is -1.06. The topological polar surface area (TPSA) is 38.7 Å². The molecule has 98 valence electrons. The Labute approximate surface area is 108 Å². The van der Waals surface area contributed by atoms with Crippen LogP contribution in [0.3, 0.4) is 0 Å². The van der Waals surface area contributed by atoms with Crippen LogP contribution in [0.5, 0.6) is 5.75 Å². The molecular formula is C15H20O3. The molecule has 0 aromatic heterocycles. The zero-order chi connectivity index (χ0) is 12.8. The SMILES string of the molecule is COc1cc(C)cc(C2(O)CC3CCC(C2)O3)c1.